The molecular weight excluding hydrogens is 598 g/mol. The first-order valence-corrected chi connectivity index (χ1v) is 16.2. The van der Waals surface area contributed by atoms with Gasteiger partial charge in [0.05, 0.1) is 42.3 Å². The van der Waals surface area contributed by atoms with Crippen molar-refractivity contribution in [3.05, 3.63) is 145 Å². The molecule has 1 aromatic heterocycles. The van der Waals surface area contributed by atoms with Crippen molar-refractivity contribution >= 4 is 39.4 Å². The van der Waals surface area contributed by atoms with E-state index in [-0.39, 0.29) is 11.1 Å². The predicted molar refractivity (Wildman–Crippen MR) is 196 cm³/mol. The van der Waals surface area contributed by atoms with Gasteiger partial charge in [0.2, 0.25) is 0 Å². The van der Waals surface area contributed by atoms with E-state index < -0.39 is 17.9 Å². The molecule has 2 N–H and O–H groups in total. The molecule has 0 aliphatic carbocycles. The third kappa shape index (κ3) is 7.20. The second-order valence-electron chi connectivity index (χ2n) is 12.0. The number of methoxy groups -OCH3 is 2. The van der Waals surface area contributed by atoms with Crippen LogP contribution < -0.4 is 10.6 Å². The Morgan fingerprint density at radius 3 is 2.10 bits per heavy atom. The van der Waals surface area contributed by atoms with Gasteiger partial charge in [0.1, 0.15) is 0 Å². The van der Waals surface area contributed by atoms with Crippen LogP contribution in [0, 0.1) is 11.8 Å². The summed E-state index contributed by atoms with van der Waals surface area (Å²) < 4.78 is 12.5. The summed E-state index contributed by atoms with van der Waals surface area (Å²) in [5, 5.41) is 8.65. The van der Waals surface area contributed by atoms with E-state index in [9.17, 15) is 9.59 Å². The van der Waals surface area contributed by atoms with Crippen molar-refractivity contribution in [2.24, 2.45) is 11.8 Å². The number of nitrogens with one attached hydrogen (secondary N) is 2. The van der Waals surface area contributed by atoms with Crippen LogP contribution >= 0.6 is 0 Å². The Morgan fingerprint density at radius 1 is 0.917 bits per heavy atom. The van der Waals surface area contributed by atoms with Crippen LogP contribution in [0.1, 0.15) is 38.7 Å². The zero-order valence-electron chi connectivity index (χ0n) is 28.2. The maximum absolute atomic E-state index is 13.1. The van der Waals surface area contributed by atoms with E-state index in [1.807, 2.05) is 61.5 Å². The molecule has 2 unspecified atom stereocenters. The molecule has 7 heteroatoms. The van der Waals surface area contributed by atoms with E-state index in [1.165, 1.54) is 14.2 Å². The van der Waals surface area contributed by atoms with Gasteiger partial charge in [0, 0.05) is 40.2 Å². The molecule has 0 fully saturated rings. The van der Waals surface area contributed by atoms with Crippen LogP contribution in [0.5, 0.6) is 0 Å². The number of esters is 2. The number of allylic oxidation sites excluding steroid dienone is 6. The molecule has 1 aliphatic rings. The Bertz CT molecular complexity index is 1910. The zero-order valence-corrected chi connectivity index (χ0v) is 28.2. The minimum absolute atomic E-state index is 0.288. The maximum atomic E-state index is 13.1. The van der Waals surface area contributed by atoms with Crippen LogP contribution in [-0.2, 0) is 19.1 Å². The molecule has 1 aliphatic heterocycles. The van der Waals surface area contributed by atoms with Crippen molar-refractivity contribution in [1.82, 2.24) is 9.88 Å². The number of dihydropyridines is 1. The predicted octanol–water partition coefficient (Wildman–Crippen LogP) is 8.86. The molecule has 4 aromatic rings. The third-order valence-corrected chi connectivity index (χ3v) is 8.80. The minimum atomic E-state index is -0.749. The van der Waals surface area contributed by atoms with Crippen molar-refractivity contribution < 1.29 is 19.1 Å². The highest BCUT2D eigenvalue weighted by Crippen LogP contribution is 2.39. The number of carbonyl (C=O) groups is 2. The Kier molecular flexibility index (Phi) is 10.8. The number of para-hydroxylation sites is 2. The number of aromatic nitrogens is 1. The maximum Gasteiger partial charge on any atom is 0.336 e. The fourth-order valence-corrected chi connectivity index (χ4v) is 6.11. The van der Waals surface area contributed by atoms with Gasteiger partial charge in [0.25, 0.3) is 0 Å². The quantitative estimate of drug-likeness (QED) is 0.119. The Labute approximate surface area is 282 Å². The van der Waals surface area contributed by atoms with Crippen LogP contribution in [0.2, 0.25) is 0 Å². The molecule has 246 valence electrons. The van der Waals surface area contributed by atoms with Gasteiger partial charge in [-0.1, -0.05) is 87.2 Å². The number of nitrogens with zero attached hydrogens (tertiary/aromatic N) is 1. The Balaban J connectivity index is 1.60. The number of benzene rings is 3. The topological polar surface area (TPSA) is 81.6 Å². The van der Waals surface area contributed by atoms with E-state index in [2.05, 4.69) is 84.2 Å². The van der Waals surface area contributed by atoms with E-state index >= 15 is 0 Å². The normalized spacial score (nSPS) is 15.0. The lowest BCUT2D eigenvalue weighted by Crippen LogP contribution is -2.26. The number of hydrogen-bond acceptors (Lipinski definition) is 6. The lowest BCUT2D eigenvalue weighted by Gasteiger charge is -2.26. The highest BCUT2D eigenvalue weighted by atomic mass is 16.5. The van der Waals surface area contributed by atoms with Gasteiger partial charge in [-0.15, -0.1) is 0 Å². The van der Waals surface area contributed by atoms with Crippen molar-refractivity contribution in [1.29, 1.82) is 0 Å². The number of carbonyl (C=O) groups excluding carboxylic acids is 2. The van der Waals surface area contributed by atoms with Gasteiger partial charge in [-0.3, -0.25) is 0 Å². The molecule has 7 nitrogen and oxygen atoms in total. The van der Waals surface area contributed by atoms with Crippen molar-refractivity contribution in [3.8, 4) is 5.69 Å². The molecular formula is C41H43N3O4. The zero-order chi connectivity index (χ0) is 34.2. The van der Waals surface area contributed by atoms with Crippen molar-refractivity contribution in [2.45, 2.75) is 33.1 Å². The summed E-state index contributed by atoms with van der Waals surface area (Å²) in [5.41, 5.74) is 5.66. The number of rotatable bonds is 12. The van der Waals surface area contributed by atoms with Gasteiger partial charge in [-0.05, 0) is 67.2 Å². The summed E-state index contributed by atoms with van der Waals surface area (Å²) in [7, 11) is 2.66. The van der Waals surface area contributed by atoms with E-state index in [4.69, 9.17) is 9.47 Å². The average Bonchev–Trinajstić information content (AvgIpc) is 3.44. The first-order chi connectivity index (χ1) is 23.3. The Hall–Kier alpha value is -5.56. The molecule has 0 spiro atoms. The smallest absolute Gasteiger partial charge is 0.336 e. The van der Waals surface area contributed by atoms with E-state index in [0.717, 1.165) is 39.6 Å². The highest BCUT2D eigenvalue weighted by Gasteiger charge is 2.34. The molecule has 48 heavy (non-hydrogen) atoms. The van der Waals surface area contributed by atoms with Crippen LogP contribution in [0.4, 0.5) is 5.69 Å². The summed E-state index contributed by atoms with van der Waals surface area (Å²) in [4.78, 5) is 26.1. The molecule has 0 radical (unpaired) electrons. The molecule has 0 saturated heterocycles. The first-order valence-electron chi connectivity index (χ1n) is 16.2. The summed E-state index contributed by atoms with van der Waals surface area (Å²) in [5.74, 6) is -0.962. The fourth-order valence-electron chi connectivity index (χ4n) is 6.11. The molecule has 3 aromatic carbocycles. The molecule has 5 rings (SSSR count). The van der Waals surface area contributed by atoms with Gasteiger partial charge in [-0.2, -0.15) is 0 Å². The Morgan fingerprint density at radius 2 is 1.52 bits per heavy atom. The standard InChI is InChI=1S/C41H43N3O4/c1-7-8-9-15-27(2)28(3)16-14-17-29(4)43-31-22-30(39-35(40(45)47-5)25-42-26-36(39)41(46)48-6)23-32(24-31)44-37-20-12-10-18-33(37)34-19-11-13-21-38(34)44/h7-15,17-28,39,42-43H,4,16H2,1-3,5-6H3/b8-7-,15-9-,17-14-. The van der Waals surface area contributed by atoms with Gasteiger partial charge in [0.15, 0.2) is 0 Å². The fraction of sp³-hybridized carbons (Fsp3) is 0.220. The lowest BCUT2D eigenvalue weighted by molar-refractivity contribution is -0.137. The molecule has 0 amide bonds. The summed E-state index contributed by atoms with van der Waals surface area (Å²) in [6, 6.07) is 22.5. The van der Waals surface area contributed by atoms with Crippen LogP contribution in [0.15, 0.2) is 139 Å². The average molecular weight is 642 g/mol. The van der Waals surface area contributed by atoms with Crippen LogP contribution in [-0.4, -0.2) is 30.7 Å². The summed E-state index contributed by atoms with van der Waals surface area (Å²) in [6.07, 6.45) is 16.6. The van der Waals surface area contributed by atoms with Gasteiger partial charge >= 0.3 is 11.9 Å². The third-order valence-electron chi connectivity index (χ3n) is 8.80. The molecule has 0 bridgehead atoms. The summed E-state index contributed by atoms with van der Waals surface area (Å²) >= 11 is 0. The monoisotopic (exact) mass is 641 g/mol. The van der Waals surface area contributed by atoms with Gasteiger partial charge < -0.3 is 24.7 Å². The minimum Gasteiger partial charge on any atom is -0.466 e. The lowest BCUT2D eigenvalue weighted by atomic mass is 9.83. The second-order valence-corrected chi connectivity index (χ2v) is 12.0. The number of ether oxygens (including phenoxy) is 2. The SMILES string of the molecule is C=C(/C=C\CC(C)C(C)/C=C\C=C/C)Nc1cc(C2C(C(=O)OC)=CNC=C2C(=O)OC)cc(-n2c3ccccc3c3ccccc32)c1. The molecule has 0 saturated carbocycles. The molecule has 2 heterocycles. The van der Waals surface area contributed by atoms with Gasteiger partial charge in [-0.25, -0.2) is 9.59 Å². The van der Waals surface area contributed by atoms with Crippen molar-refractivity contribution in [2.75, 3.05) is 19.5 Å². The van der Waals surface area contributed by atoms with Crippen LogP contribution in [0.3, 0.4) is 0 Å². The van der Waals surface area contributed by atoms with Crippen LogP contribution in [0.25, 0.3) is 27.5 Å². The molecule has 2 atom stereocenters. The largest absolute Gasteiger partial charge is 0.466 e. The number of hydrogen-bond donors (Lipinski definition) is 2. The summed E-state index contributed by atoms with van der Waals surface area (Å²) in [6.45, 7) is 10.8. The number of anilines is 1. The van der Waals surface area contributed by atoms with Crippen molar-refractivity contribution in [3.63, 3.8) is 0 Å². The highest BCUT2D eigenvalue weighted by molar-refractivity contribution is 6.09. The number of fused-ring (bicyclic) bond motifs is 3. The van der Waals surface area contributed by atoms with E-state index in [0.29, 0.717) is 23.1 Å². The second kappa shape index (κ2) is 15.4. The van der Waals surface area contributed by atoms with E-state index in [1.54, 1.807) is 12.4 Å². The first kappa shape index (κ1) is 33.8.